The van der Waals surface area contributed by atoms with Crippen LogP contribution in [0.15, 0.2) is 65.6 Å². The van der Waals surface area contributed by atoms with Gasteiger partial charge in [0.25, 0.3) is 15.9 Å². The van der Waals surface area contributed by atoms with Crippen LogP contribution < -0.4 is 23.8 Å². The number of carbonyl (C=O) groups excluding carboxylic acids is 1. The van der Waals surface area contributed by atoms with Crippen molar-refractivity contribution in [3.05, 3.63) is 71.2 Å². The van der Waals surface area contributed by atoms with Gasteiger partial charge in [0.05, 0.1) is 42.6 Å². The normalized spacial score (nSPS) is 10.9. The van der Waals surface area contributed by atoms with E-state index in [9.17, 15) is 13.2 Å². The van der Waals surface area contributed by atoms with Crippen LogP contribution in [0.2, 0.25) is 5.02 Å². The van der Waals surface area contributed by atoms with Crippen LogP contribution in [0, 0.1) is 0 Å². The Morgan fingerprint density at radius 2 is 1.55 bits per heavy atom. The average Bonchev–Trinajstić information content (AvgIpc) is 2.83. The van der Waals surface area contributed by atoms with Gasteiger partial charge in [-0.1, -0.05) is 29.8 Å². The van der Waals surface area contributed by atoms with Gasteiger partial charge in [-0.05, 0) is 36.4 Å². The van der Waals surface area contributed by atoms with Crippen LogP contribution in [-0.2, 0) is 10.0 Å². The van der Waals surface area contributed by atoms with E-state index >= 15 is 0 Å². The topological polar surface area (TPSA) is 94.2 Å². The molecule has 1 amide bonds. The monoisotopic (exact) mass is 490 g/mol. The fraction of sp³-hybridized carbons (Fsp3) is 0.174. The lowest BCUT2D eigenvalue weighted by atomic mass is 10.2. The van der Waals surface area contributed by atoms with E-state index in [0.717, 1.165) is 4.31 Å². The van der Waals surface area contributed by atoms with Crippen molar-refractivity contribution in [2.45, 2.75) is 4.90 Å². The van der Waals surface area contributed by atoms with Gasteiger partial charge in [-0.25, -0.2) is 8.42 Å². The first kappa shape index (κ1) is 24.2. The Hall–Kier alpha value is -3.43. The molecule has 0 bridgehead atoms. The van der Waals surface area contributed by atoms with E-state index in [2.05, 4.69) is 5.32 Å². The van der Waals surface area contributed by atoms with Crippen molar-refractivity contribution in [2.75, 3.05) is 38.0 Å². The first-order chi connectivity index (χ1) is 15.7. The number of rotatable bonds is 8. The zero-order valence-electron chi connectivity index (χ0n) is 18.5. The molecule has 3 aromatic rings. The van der Waals surface area contributed by atoms with Crippen molar-refractivity contribution in [3.8, 4) is 17.2 Å². The molecule has 0 saturated heterocycles. The van der Waals surface area contributed by atoms with Crippen LogP contribution in [0.4, 0.5) is 11.4 Å². The van der Waals surface area contributed by atoms with Crippen LogP contribution in [0.5, 0.6) is 17.2 Å². The molecule has 0 aliphatic rings. The lowest BCUT2D eigenvalue weighted by Crippen LogP contribution is -2.27. The minimum absolute atomic E-state index is 0.0772. The van der Waals surface area contributed by atoms with Gasteiger partial charge in [0.15, 0.2) is 0 Å². The number of halogens is 1. The van der Waals surface area contributed by atoms with Crippen molar-refractivity contribution in [3.63, 3.8) is 0 Å². The minimum Gasteiger partial charge on any atom is -0.495 e. The van der Waals surface area contributed by atoms with Crippen LogP contribution in [0.1, 0.15) is 10.4 Å². The number of hydrogen-bond acceptors (Lipinski definition) is 6. The van der Waals surface area contributed by atoms with Gasteiger partial charge in [-0.3, -0.25) is 9.10 Å². The van der Waals surface area contributed by atoms with E-state index in [-0.39, 0.29) is 26.9 Å². The summed E-state index contributed by atoms with van der Waals surface area (Å²) in [6, 6.07) is 15.6. The van der Waals surface area contributed by atoms with E-state index in [1.54, 1.807) is 24.3 Å². The molecule has 0 saturated carbocycles. The summed E-state index contributed by atoms with van der Waals surface area (Å²) in [6.45, 7) is 0. The van der Waals surface area contributed by atoms with Crippen LogP contribution in [-0.4, -0.2) is 42.7 Å². The second-order valence-corrected chi connectivity index (χ2v) is 9.19. The molecule has 0 radical (unpaired) electrons. The third-order valence-corrected chi connectivity index (χ3v) is 6.97. The summed E-state index contributed by atoms with van der Waals surface area (Å²) in [4.78, 5) is 12.7. The van der Waals surface area contributed by atoms with Crippen molar-refractivity contribution in [2.24, 2.45) is 0 Å². The zero-order chi connectivity index (χ0) is 24.2. The Kier molecular flexibility index (Phi) is 7.35. The number of nitrogens with one attached hydrogen (secondary N) is 1. The predicted octanol–water partition coefficient (Wildman–Crippen LogP) is 4.44. The van der Waals surface area contributed by atoms with Crippen LogP contribution in [0.25, 0.3) is 0 Å². The highest BCUT2D eigenvalue weighted by Crippen LogP contribution is 2.39. The summed E-state index contributed by atoms with van der Waals surface area (Å²) in [5, 5.41) is 2.95. The summed E-state index contributed by atoms with van der Waals surface area (Å²) in [7, 11) is 1.67. The fourth-order valence-electron chi connectivity index (χ4n) is 3.12. The van der Waals surface area contributed by atoms with Crippen LogP contribution in [0.3, 0.4) is 0 Å². The van der Waals surface area contributed by atoms with Gasteiger partial charge in [-0.15, -0.1) is 0 Å². The molecule has 0 fully saturated rings. The third-order valence-electron chi connectivity index (χ3n) is 4.90. The molecular weight excluding hydrogens is 468 g/mol. The Bertz CT molecular complexity index is 1280. The molecule has 0 heterocycles. The second-order valence-electron chi connectivity index (χ2n) is 6.81. The standard InChI is InChI=1S/C23H23ClN2O6S/c1-26(19-13-17(24)21(31-3)14-22(19)32-4)33(28,29)16-9-7-8-15(12-16)23(27)25-18-10-5-6-11-20(18)30-2/h5-14H,1-4H3,(H,25,27). The zero-order valence-corrected chi connectivity index (χ0v) is 20.0. The van der Waals surface area contributed by atoms with Gasteiger partial charge in [0, 0.05) is 18.7 Å². The smallest absolute Gasteiger partial charge is 0.264 e. The Morgan fingerprint density at radius 3 is 2.21 bits per heavy atom. The van der Waals surface area contributed by atoms with Gasteiger partial charge in [0.2, 0.25) is 0 Å². The average molecular weight is 491 g/mol. The Labute approximate surface area is 197 Å². The van der Waals surface area contributed by atoms with Crippen molar-refractivity contribution in [1.29, 1.82) is 0 Å². The van der Waals surface area contributed by atoms with E-state index in [1.807, 2.05) is 0 Å². The van der Waals surface area contributed by atoms with E-state index in [1.165, 1.54) is 64.8 Å². The van der Waals surface area contributed by atoms with Gasteiger partial charge in [0.1, 0.15) is 17.2 Å². The molecule has 0 atom stereocenters. The molecule has 0 unspecified atom stereocenters. The number of methoxy groups -OCH3 is 3. The predicted molar refractivity (Wildman–Crippen MR) is 128 cm³/mol. The molecule has 33 heavy (non-hydrogen) atoms. The summed E-state index contributed by atoms with van der Waals surface area (Å²) < 4.78 is 43.5. The summed E-state index contributed by atoms with van der Waals surface area (Å²) in [6.07, 6.45) is 0. The summed E-state index contributed by atoms with van der Waals surface area (Å²) in [5.74, 6) is 0.604. The van der Waals surface area contributed by atoms with Gasteiger partial charge < -0.3 is 19.5 Å². The number of hydrogen-bond donors (Lipinski definition) is 1. The first-order valence-corrected chi connectivity index (χ1v) is 11.5. The maximum Gasteiger partial charge on any atom is 0.264 e. The number of amides is 1. The number of para-hydroxylation sites is 2. The summed E-state index contributed by atoms with van der Waals surface area (Å²) in [5.41, 5.74) is 0.843. The number of nitrogens with zero attached hydrogens (tertiary/aromatic N) is 1. The Balaban J connectivity index is 1.94. The number of sulfonamides is 1. The maximum absolute atomic E-state index is 13.3. The highest BCUT2D eigenvalue weighted by atomic mass is 35.5. The number of ether oxygens (including phenoxy) is 3. The minimum atomic E-state index is -4.05. The largest absolute Gasteiger partial charge is 0.495 e. The second kappa shape index (κ2) is 10.0. The van der Waals surface area contributed by atoms with E-state index in [0.29, 0.717) is 17.2 Å². The molecular formula is C23H23ClN2O6S. The van der Waals surface area contributed by atoms with E-state index in [4.69, 9.17) is 25.8 Å². The first-order valence-electron chi connectivity index (χ1n) is 9.67. The lowest BCUT2D eigenvalue weighted by Gasteiger charge is -2.23. The summed E-state index contributed by atoms with van der Waals surface area (Å²) >= 11 is 6.20. The highest BCUT2D eigenvalue weighted by Gasteiger charge is 2.26. The number of anilines is 2. The Morgan fingerprint density at radius 1 is 0.879 bits per heavy atom. The molecule has 3 rings (SSSR count). The molecule has 10 heteroatoms. The fourth-order valence-corrected chi connectivity index (χ4v) is 4.60. The van der Waals surface area contributed by atoms with Gasteiger partial charge in [-0.2, -0.15) is 0 Å². The molecule has 174 valence electrons. The molecule has 0 aliphatic heterocycles. The van der Waals surface area contributed by atoms with Crippen molar-refractivity contribution >= 4 is 38.9 Å². The molecule has 1 N–H and O–H groups in total. The molecule has 0 spiro atoms. The van der Waals surface area contributed by atoms with Crippen LogP contribution >= 0.6 is 11.6 Å². The SMILES string of the molecule is COc1cc(OC)c(N(C)S(=O)(=O)c2cccc(C(=O)Nc3ccccc3OC)c2)cc1Cl. The van der Waals surface area contributed by atoms with Gasteiger partial charge >= 0.3 is 0 Å². The highest BCUT2D eigenvalue weighted by molar-refractivity contribution is 7.92. The third kappa shape index (κ3) is 4.99. The van der Waals surface area contributed by atoms with Crippen molar-refractivity contribution < 1.29 is 27.4 Å². The molecule has 3 aromatic carbocycles. The number of carbonyl (C=O) groups is 1. The van der Waals surface area contributed by atoms with E-state index < -0.39 is 15.9 Å². The molecule has 0 aliphatic carbocycles. The lowest BCUT2D eigenvalue weighted by molar-refractivity contribution is 0.102. The molecule has 8 nitrogen and oxygen atoms in total. The number of benzene rings is 3. The van der Waals surface area contributed by atoms with Crippen molar-refractivity contribution in [1.82, 2.24) is 0 Å². The molecule has 0 aromatic heterocycles. The quantitative estimate of drug-likeness (QED) is 0.501. The maximum atomic E-state index is 13.3.